The van der Waals surface area contributed by atoms with Gasteiger partial charge in [0.25, 0.3) is 0 Å². The second-order valence-electron chi connectivity index (χ2n) is 3.82. The molecule has 1 radical (unpaired) electrons. The molecule has 1 saturated heterocycles. The molecule has 0 unspecified atom stereocenters. The molecule has 1 aliphatic rings. The van der Waals surface area contributed by atoms with E-state index in [0.29, 0.717) is 5.02 Å². The van der Waals surface area contributed by atoms with E-state index in [4.69, 9.17) is 11.6 Å². The van der Waals surface area contributed by atoms with Gasteiger partial charge in [-0.2, -0.15) is 0 Å². The summed E-state index contributed by atoms with van der Waals surface area (Å²) in [5.74, 6) is 0.355. The minimum absolute atomic E-state index is 0.140. The number of hydrogen-bond acceptors (Lipinski definition) is 1. The molecule has 15 heavy (non-hydrogen) atoms. The van der Waals surface area contributed by atoms with E-state index < -0.39 is 0 Å². The largest absolute Gasteiger partial charge is 0.294 e. The quantitative estimate of drug-likeness (QED) is 0.708. The highest BCUT2D eigenvalue weighted by atomic mass is 35.5. The fourth-order valence-corrected chi connectivity index (χ4v) is 2.08. The molecule has 0 amide bonds. The molecule has 2 rings (SSSR count). The molecule has 79 valence electrons. The number of piperidine rings is 1. The third-order valence-electron chi connectivity index (χ3n) is 2.75. The van der Waals surface area contributed by atoms with Gasteiger partial charge in [0.15, 0.2) is 5.78 Å². The normalized spacial score (nSPS) is 17.7. The predicted octanol–water partition coefficient (Wildman–Crippen LogP) is 2.54. The Kier molecular flexibility index (Phi) is 3.39. The van der Waals surface area contributed by atoms with Gasteiger partial charge in [0.1, 0.15) is 0 Å². The summed E-state index contributed by atoms with van der Waals surface area (Å²) in [6.45, 7) is 1.63. The topological polar surface area (TPSA) is 31.2 Å². The Morgan fingerprint density at radius 2 is 2.07 bits per heavy atom. The Morgan fingerprint density at radius 3 is 2.73 bits per heavy atom. The summed E-state index contributed by atoms with van der Waals surface area (Å²) < 4.78 is 0. The Bertz CT molecular complexity index is 358. The highest BCUT2D eigenvalue weighted by Gasteiger charge is 2.22. The van der Waals surface area contributed by atoms with Gasteiger partial charge in [-0.3, -0.25) is 4.79 Å². The fourth-order valence-electron chi connectivity index (χ4n) is 1.89. The number of rotatable bonds is 2. The molecule has 3 heteroatoms. The molecule has 1 aliphatic heterocycles. The van der Waals surface area contributed by atoms with E-state index >= 15 is 0 Å². The first-order valence-electron chi connectivity index (χ1n) is 5.20. The van der Waals surface area contributed by atoms with Crippen molar-refractivity contribution in [2.75, 3.05) is 13.1 Å². The number of ketones is 1. The number of carbonyl (C=O) groups is 1. The van der Waals surface area contributed by atoms with Crippen molar-refractivity contribution in [2.24, 2.45) is 5.92 Å². The van der Waals surface area contributed by atoms with Gasteiger partial charge in [-0.1, -0.05) is 23.7 Å². The molecule has 0 spiro atoms. The van der Waals surface area contributed by atoms with E-state index in [1.165, 1.54) is 0 Å². The van der Waals surface area contributed by atoms with E-state index in [9.17, 15) is 4.79 Å². The van der Waals surface area contributed by atoms with Crippen molar-refractivity contribution in [3.8, 4) is 0 Å². The van der Waals surface area contributed by atoms with E-state index in [1.807, 2.05) is 12.1 Å². The average Bonchev–Trinajstić information content (AvgIpc) is 2.29. The van der Waals surface area contributed by atoms with Crippen LogP contribution in [0.1, 0.15) is 23.2 Å². The van der Waals surface area contributed by atoms with E-state index in [2.05, 4.69) is 5.32 Å². The minimum atomic E-state index is 0.140. The summed E-state index contributed by atoms with van der Waals surface area (Å²) >= 11 is 5.86. The van der Waals surface area contributed by atoms with E-state index in [1.54, 1.807) is 12.1 Å². The van der Waals surface area contributed by atoms with Gasteiger partial charge in [0.05, 0.1) is 0 Å². The monoisotopic (exact) mass is 222 g/mol. The maximum absolute atomic E-state index is 12.1. The Hall–Kier alpha value is -0.860. The van der Waals surface area contributed by atoms with Crippen LogP contribution in [0.2, 0.25) is 5.02 Å². The van der Waals surface area contributed by atoms with Crippen molar-refractivity contribution in [3.63, 3.8) is 0 Å². The van der Waals surface area contributed by atoms with Crippen LogP contribution in [0.25, 0.3) is 0 Å². The third kappa shape index (κ3) is 2.58. The number of carbonyl (C=O) groups excluding carboxylic acids is 1. The van der Waals surface area contributed by atoms with Crippen LogP contribution in [0, 0.1) is 5.92 Å². The maximum atomic E-state index is 12.1. The first-order chi connectivity index (χ1) is 7.27. The number of hydrogen-bond donors (Lipinski definition) is 0. The average molecular weight is 223 g/mol. The van der Waals surface area contributed by atoms with Gasteiger partial charge in [-0.15, -0.1) is 0 Å². The summed E-state index contributed by atoms with van der Waals surface area (Å²) in [6.07, 6.45) is 1.76. The Balaban J connectivity index is 2.12. The number of halogens is 1. The van der Waals surface area contributed by atoms with Gasteiger partial charge in [0.2, 0.25) is 0 Å². The lowest BCUT2D eigenvalue weighted by Crippen LogP contribution is -2.27. The van der Waals surface area contributed by atoms with Crippen molar-refractivity contribution in [2.45, 2.75) is 12.8 Å². The van der Waals surface area contributed by atoms with Crippen LogP contribution in [-0.2, 0) is 0 Å². The minimum Gasteiger partial charge on any atom is -0.294 e. The molecule has 0 saturated carbocycles. The molecule has 1 heterocycles. The predicted molar refractivity (Wildman–Crippen MR) is 60.4 cm³/mol. The van der Waals surface area contributed by atoms with E-state index in [0.717, 1.165) is 31.5 Å². The van der Waals surface area contributed by atoms with Crippen LogP contribution >= 0.6 is 11.6 Å². The van der Waals surface area contributed by atoms with Gasteiger partial charge in [-0.25, -0.2) is 5.32 Å². The van der Waals surface area contributed by atoms with Gasteiger partial charge in [0, 0.05) is 29.6 Å². The second kappa shape index (κ2) is 4.77. The van der Waals surface area contributed by atoms with Crippen LogP contribution < -0.4 is 5.32 Å². The molecule has 0 aromatic heterocycles. The maximum Gasteiger partial charge on any atom is 0.166 e. The molecule has 0 bridgehead atoms. The van der Waals surface area contributed by atoms with Crippen molar-refractivity contribution >= 4 is 17.4 Å². The number of nitrogens with zero attached hydrogens (tertiary/aromatic N) is 1. The van der Waals surface area contributed by atoms with Gasteiger partial charge in [-0.05, 0) is 25.0 Å². The molecule has 0 aliphatic carbocycles. The van der Waals surface area contributed by atoms with Crippen molar-refractivity contribution in [1.29, 1.82) is 0 Å². The van der Waals surface area contributed by atoms with Crippen molar-refractivity contribution < 1.29 is 4.79 Å². The first-order valence-corrected chi connectivity index (χ1v) is 5.58. The summed E-state index contributed by atoms with van der Waals surface area (Å²) in [5.41, 5.74) is 0.731. The SMILES string of the molecule is O=C(c1cccc(Cl)c1)C1CC[N]CC1. The molecular formula is C12H13ClNO. The van der Waals surface area contributed by atoms with Gasteiger partial charge >= 0.3 is 0 Å². The molecule has 0 N–H and O–H groups in total. The van der Waals surface area contributed by atoms with Crippen LogP contribution in [0.3, 0.4) is 0 Å². The molecule has 1 fully saturated rings. The van der Waals surface area contributed by atoms with Crippen molar-refractivity contribution in [1.82, 2.24) is 5.32 Å². The summed E-state index contributed by atoms with van der Waals surface area (Å²) in [4.78, 5) is 12.1. The first kappa shape index (κ1) is 10.7. The summed E-state index contributed by atoms with van der Waals surface area (Å²) in [5, 5.41) is 4.87. The van der Waals surface area contributed by atoms with Gasteiger partial charge < -0.3 is 0 Å². The van der Waals surface area contributed by atoms with Crippen LogP contribution in [-0.4, -0.2) is 18.9 Å². The van der Waals surface area contributed by atoms with Crippen LogP contribution in [0.15, 0.2) is 24.3 Å². The lowest BCUT2D eigenvalue weighted by atomic mass is 9.90. The zero-order valence-electron chi connectivity index (χ0n) is 8.45. The number of benzene rings is 1. The zero-order valence-corrected chi connectivity index (χ0v) is 9.20. The Labute approximate surface area is 94.6 Å². The summed E-state index contributed by atoms with van der Waals surface area (Å²) in [6, 6.07) is 7.19. The molecule has 2 nitrogen and oxygen atoms in total. The van der Waals surface area contributed by atoms with Crippen LogP contribution in [0.4, 0.5) is 0 Å². The third-order valence-corrected chi connectivity index (χ3v) is 2.99. The lowest BCUT2D eigenvalue weighted by Gasteiger charge is -2.20. The molecule has 1 aromatic carbocycles. The van der Waals surface area contributed by atoms with Crippen LogP contribution in [0.5, 0.6) is 0 Å². The second-order valence-corrected chi connectivity index (χ2v) is 4.26. The fraction of sp³-hybridized carbons (Fsp3) is 0.417. The Morgan fingerprint density at radius 1 is 1.33 bits per heavy atom. The van der Waals surface area contributed by atoms with E-state index in [-0.39, 0.29) is 11.7 Å². The molecule has 1 aromatic rings. The highest BCUT2D eigenvalue weighted by molar-refractivity contribution is 6.31. The standard InChI is InChI=1S/C12H13ClNO/c13-11-3-1-2-10(8-11)12(15)9-4-6-14-7-5-9/h1-3,8-9H,4-7H2. The number of Topliss-reactive ketones (excluding diaryl/α,β-unsaturated/α-hetero) is 1. The molecule has 0 atom stereocenters. The van der Waals surface area contributed by atoms with Crippen molar-refractivity contribution in [3.05, 3.63) is 34.9 Å². The molecular weight excluding hydrogens is 210 g/mol. The smallest absolute Gasteiger partial charge is 0.166 e. The lowest BCUT2D eigenvalue weighted by molar-refractivity contribution is 0.0894. The highest BCUT2D eigenvalue weighted by Crippen LogP contribution is 2.20. The summed E-state index contributed by atoms with van der Waals surface area (Å²) in [7, 11) is 0. The zero-order chi connectivity index (χ0) is 10.7.